The Hall–Kier alpha value is -3.61. The Labute approximate surface area is 203 Å². The highest BCUT2D eigenvalue weighted by Crippen LogP contribution is 2.52. The normalized spacial score (nSPS) is 14.8. The van der Waals surface area contributed by atoms with Crippen molar-refractivity contribution >= 4 is 49.8 Å². The van der Waals surface area contributed by atoms with Crippen LogP contribution >= 0.6 is 22.7 Å². The average Bonchev–Trinajstić information content (AvgIpc) is 3.12. The van der Waals surface area contributed by atoms with Crippen LogP contribution in [0.3, 0.4) is 0 Å². The fraction of sp³-hybridized carbons (Fsp3) is 0.240. The molecule has 0 saturated heterocycles. The van der Waals surface area contributed by atoms with Gasteiger partial charge in [0.25, 0.3) is 0 Å². The lowest BCUT2D eigenvalue weighted by Gasteiger charge is -2.15. The molecule has 3 heterocycles. The Balaban J connectivity index is 1.27. The van der Waals surface area contributed by atoms with Crippen molar-refractivity contribution in [2.24, 2.45) is 0 Å². The van der Waals surface area contributed by atoms with Crippen LogP contribution in [-0.4, -0.2) is 22.3 Å². The van der Waals surface area contributed by atoms with E-state index in [1.165, 1.54) is 28.9 Å². The minimum absolute atomic E-state index is 0.223. The highest BCUT2D eigenvalue weighted by Gasteiger charge is 2.53. The molecule has 7 nitrogen and oxygen atoms in total. The van der Waals surface area contributed by atoms with Crippen molar-refractivity contribution in [3.63, 3.8) is 0 Å². The molecule has 0 spiro atoms. The fourth-order valence-corrected chi connectivity index (χ4v) is 6.26. The molecule has 0 bridgehead atoms. The van der Waals surface area contributed by atoms with Gasteiger partial charge in [0.2, 0.25) is 5.76 Å². The smallest absolute Gasteiger partial charge is 0.412 e. The van der Waals surface area contributed by atoms with E-state index in [4.69, 9.17) is 9.26 Å². The molecule has 1 aliphatic carbocycles. The van der Waals surface area contributed by atoms with Crippen LogP contribution in [0.25, 0.3) is 9.40 Å². The Morgan fingerprint density at radius 2 is 1.97 bits per heavy atom. The molecule has 4 aromatic rings. The molecule has 0 radical (unpaired) electrons. The first-order valence-corrected chi connectivity index (χ1v) is 12.3. The molecule has 34 heavy (non-hydrogen) atoms. The van der Waals surface area contributed by atoms with Gasteiger partial charge in [-0.3, -0.25) is 10.1 Å². The number of rotatable bonds is 5. The van der Waals surface area contributed by atoms with Crippen molar-refractivity contribution in [3.8, 4) is 11.8 Å². The molecule has 1 atom stereocenters. The van der Waals surface area contributed by atoms with Gasteiger partial charge >= 0.3 is 12.1 Å². The Morgan fingerprint density at radius 3 is 2.68 bits per heavy atom. The van der Waals surface area contributed by atoms with Gasteiger partial charge in [-0.1, -0.05) is 29.4 Å². The maximum absolute atomic E-state index is 12.4. The predicted octanol–water partition coefficient (Wildman–Crippen LogP) is 6.08. The summed E-state index contributed by atoms with van der Waals surface area (Å²) in [5, 5.41) is 15.9. The van der Waals surface area contributed by atoms with Crippen molar-refractivity contribution < 1.29 is 24.0 Å². The summed E-state index contributed by atoms with van der Waals surface area (Å²) >= 11 is 3.00. The molecule has 2 N–H and O–H groups in total. The number of ether oxygens (including phenoxy) is 1. The van der Waals surface area contributed by atoms with Crippen LogP contribution in [0, 0.1) is 18.8 Å². The van der Waals surface area contributed by atoms with Crippen molar-refractivity contribution in [1.82, 2.24) is 5.16 Å². The average molecular weight is 493 g/mol. The van der Waals surface area contributed by atoms with Gasteiger partial charge in [-0.25, -0.2) is 4.79 Å². The highest BCUT2D eigenvalue weighted by molar-refractivity contribution is 7.28. The van der Waals surface area contributed by atoms with Crippen LogP contribution in [0.2, 0.25) is 0 Å². The SMILES string of the molecule is Cc1ccccc1C(C)OC(=O)Nc1cnoc1C#Cc1cc2sc(C3(C(=O)O)CC3)cc2s1. The van der Waals surface area contributed by atoms with E-state index in [1.54, 1.807) is 0 Å². The van der Waals surface area contributed by atoms with Crippen molar-refractivity contribution in [2.45, 2.75) is 38.2 Å². The van der Waals surface area contributed by atoms with E-state index in [2.05, 4.69) is 22.3 Å². The molecule has 3 aromatic heterocycles. The summed E-state index contributed by atoms with van der Waals surface area (Å²) in [5.41, 5.74) is 1.60. The monoisotopic (exact) mass is 492 g/mol. The molecule has 172 valence electrons. The van der Waals surface area contributed by atoms with Gasteiger partial charge in [-0.05, 0) is 61.8 Å². The van der Waals surface area contributed by atoms with Gasteiger partial charge in [-0.2, -0.15) is 0 Å². The van der Waals surface area contributed by atoms with Crippen LogP contribution in [0.15, 0.2) is 47.1 Å². The van der Waals surface area contributed by atoms with Gasteiger partial charge in [0, 0.05) is 14.3 Å². The summed E-state index contributed by atoms with van der Waals surface area (Å²) < 4.78 is 12.7. The van der Waals surface area contributed by atoms with E-state index in [9.17, 15) is 14.7 Å². The second-order valence-electron chi connectivity index (χ2n) is 8.18. The first-order valence-electron chi connectivity index (χ1n) is 10.6. The van der Waals surface area contributed by atoms with Crippen molar-refractivity contribution in [1.29, 1.82) is 0 Å². The fourth-order valence-electron chi connectivity index (χ4n) is 3.77. The Bertz CT molecular complexity index is 1430. The first-order chi connectivity index (χ1) is 16.4. The number of aliphatic carboxylic acids is 1. The molecule has 9 heteroatoms. The number of aryl methyl sites for hydroxylation is 1. The number of nitrogens with zero attached hydrogens (tertiary/aromatic N) is 1. The third-order valence-electron chi connectivity index (χ3n) is 5.85. The van der Waals surface area contributed by atoms with E-state index in [-0.39, 0.29) is 5.76 Å². The second kappa shape index (κ2) is 8.63. The summed E-state index contributed by atoms with van der Waals surface area (Å²) in [6.45, 7) is 3.78. The standard InChI is InChI=1S/C25H20N2O5S2/c1-14-5-3-4-6-17(14)15(2)31-24(30)27-18-13-26-32-19(18)8-7-16-11-20-21(33-16)12-22(34-20)25(9-10-25)23(28)29/h3-6,11-13,15H,9-10H2,1-2H3,(H,27,30)(H,28,29). The number of thiophene rings is 2. The maximum Gasteiger partial charge on any atom is 0.412 e. The van der Waals surface area contributed by atoms with Gasteiger partial charge in [0.05, 0.1) is 11.1 Å². The van der Waals surface area contributed by atoms with Crippen LogP contribution < -0.4 is 5.32 Å². The lowest BCUT2D eigenvalue weighted by Crippen LogP contribution is -2.17. The number of anilines is 1. The second-order valence-corrected chi connectivity index (χ2v) is 10.4. The minimum atomic E-state index is -0.751. The number of carboxylic acid groups (broad SMARTS) is 1. The summed E-state index contributed by atoms with van der Waals surface area (Å²) in [5.74, 6) is 5.42. The topological polar surface area (TPSA) is 102 Å². The highest BCUT2D eigenvalue weighted by atomic mass is 32.1. The lowest BCUT2D eigenvalue weighted by molar-refractivity contribution is -0.139. The van der Waals surface area contributed by atoms with Gasteiger partial charge in [-0.15, -0.1) is 22.7 Å². The zero-order valence-corrected chi connectivity index (χ0v) is 20.0. The minimum Gasteiger partial charge on any atom is -0.481 e. The largest absolute Gasteiger partial charge is 0.481 e. The number of hydrogen-bond acceptors (Lipinski definition) is 7. The molecule has 1 unspecified atom stereocenters. The Morgan fingerprint density at radius 1 is 1.21 bits per heavy atom. The van der Waals surface area contributed by atoms with Crippen molar-refractivity contribution in [3.05, 3.63) is 69.2 Å². The van der Waals surface area contributed by atoms with Gasteiger partial charge in [0.15, 0.2) is 0 Å². The number of carboxylic acids is 1. The van der Waals surface area contributed by atoms with Crippen LogP contribution in [0.4, 0.5) is 10.5 Å². The summed E-state index contributed by atoms with van der Waals surface area (Å²) in [7, 11) is 0. The van der Waals surface area contributed by atoms with Gasteiger partial charge < -0.3 is 14.4 Å². The van der Waals surface area contributed by atoms with Crippen LogP contribution in [-0.2, 0) is 14.9 Å². The number of hydrogen-bond donors (Lipinski definition) is 2. The number of amides is 1. The first kappa shape index (κ1) is 22.2. The predicted molar refractivity (Wildman–Crippen MR) is 130 cm³/mol. The maximum atomic E-state index is 12.4. The molecule has 1 aliphatic rings. The summed E-state index contributed by atoms with van der Waals surface area (Å²) in [6, 6.07) is 11.6. The van der Waals surface area contributed by atoms with Crippen LogP contribution in [0.5, 0.6) is 0 Å². The molecule has 1 amide bonds. The lowest BCUT2D eigenvalue weighted by atomic mass is 10.1. The number of fused-ring (bicyclic) bond motifs is 1. The molecule has 1 saturated carbocycles. The number of carbonyl (C=O) groups is 2. The van der Waals surface area contributed by atoms with E-state index >= 15 is 0 Å². The zero-order chi connectivity index (χ0) is 23.9. The Kier molecular flexibility index (Phi) is 5.63. The molecule has 1 aromatic carbocycles. The van der Waals surface area contributed by atoms with Gasteiger partial charge in [0.1, 0.15) is 17.2 Å². The summed E-state index contributed by atoms with van der Waals surface area (Å²) in [6.07, 6.45) is 1.71. The zero-order valence-electron chi connectivity index (χ0n) is 18.4. The molecule has 1 fully saturated rings. The number of nitrogens with one attached hydrogen (secondary N) is 1. The van der Waals surface area contributed by atoms with Crippen LogP contribution in [0.1, 0.15) is 52.5 Å². The summed E-state index contributed by atoms with van der Waals surface area (Å²) in [4.78, 5) is 25.7. The molecular weight excluding hydrogens is 472 g/mol. The third-order valence-corrected chi connectivity index (χ3v) is 8.27. The molecule has 0 aliphatic heterocycles. The molecule has 5 rings (SSSR count). The molecular formula is C25H20N2O5S2. The van der Waals surface area contributed by atoms with E-state index in [1.807, 2.05) is 50.2 Å². The number of benzene rings is 1. The van der Waals surface area contributed by atoms with E-state index in [0.29, 0.717) is 18.5 Å². The van der Waals surface area contributed by atoms with E-state index < -0.39 is 23.6 Å². The third kappa shape index (κ3) is 4.18. The number of carbonyl (C=O) groups excluding carboxylic acids is 1. The quantitative estimate of drug-likeness (QED) is 0.327. The van der Waals surface area contributed by atoms with E-state index in [0.717, 1.165) is 30.3 Å². The number of aromatic nitrogens is 1. The van der Waals surface area contributed by atoms with Crippen molar-refractivity contribution in [2.75, 3.05) is 5.32 Å².